The maximum atomic E-state index is 13.4. The van der Waals surface area contributed by atoms with Crippen LogP contribution < -0.4 is 15.8 Å². The van der Waals surface area contributed by atoms with E-state index < -0.39 is 27.8 Å². The summed E-state index contributed by atoms with van der Waals surface area (Å²) in [5.41, 5.74) is 5.14. The van der Waals surface area contributed by atoms with Gasteiger partial charge in [-0.3, -0.25) is 4.79 Å². The molecular formula is C11H14FN3O3S2. The first-order chi connectivity index (χ1) is 9.19. The van der Waals surface area contributed by atoms with Gasteiger partial charge in [-0.05, 0) is 25.1 Å². The molecule has 0 aliphatic carbocycles. The van der Waals surface area contributed by atoms with Gasteiger partial charge in [0, 0.05) is 12.6 Å². The average Bonchev–Trinajstić information content (AvgIpc) is 2.36. The van der Waals surface area contributed by atoms with E-state index >= 15 is 0 Å². The number of carbonyl (C=O) groups is 1. The minimum atomic E-state index is -3.98. The van der Waals surface area contributed by atoms with E-state index in [-0.39, 0.29) is 15.4 Å². The Hall–Kier alpha value is -1.58. The van der Waals surface area contributed by atoms with Gasteiger partial charge in [-0.15, -0.1) is 0 Å². The molecule has 0 saturated carbocycles. The van der Waals surface area contributed by atoms with Crippen molar-refractivity contribution in [2.75, 3.05) is 7.05 Å². The number of benzene rings is 1. The molecule has 0 aliphatic heterocycles. The number of hydrogen-bond donors (Lipinski definition) is 3. The van der Waals surface area contributed by atoms with Crippen LogP contribution in [0.2, 0.25) is 0 Å². The van der Waals surface area contributed by atoms with Gasteiger partial charge in [0.2, 0.25) is 15.9 Å². The normalized spacial score (nSPS) is 12.8. The molecule has 0 spiro atoms. The number of thiocarbonyl (C=S) groups is 1. The number of sulfonamides is 1. The Morgan fingerprint density at radius 2 is 2.05 bits per heavy atom. The van der Waals surface area contributed by atoms with E-state index in [0.29, 0.717) is 0 Å². The van der Waals surface area contributed by atoms with E-state index in [0.717, 1.165) is 18.2 Å². The summed E-state index contributed by atoms with van der Waals surface area (Å²) in [4.78, 5) is 10.8. The summed E-state index contributed by atoms with van der Waals surface area (Å²) in [6.07, 6.45) is 0. The highest BCUT2D eigenvalue weighted by Gasteiger charge is 2.22. The molecule has 9 heteroatoms. The van der Waals surface area contributed by atoms with Crippen molar-refractivity contribution < 1.29 is 17.6 Å². The third-order valence-electron chi connectivity index (χ3n) is 2.49. The van der Waals surface area contributed by atoms with Gasteiger partial charge in [0.05, 0.1) is 10.9 Å². The number of amides is 1. The van der Waals surface area contributed by atoms with Crippen LogP contribution in [0.5, 0.6) is 0 Å². The summed E-state index contributed by atoms with van der Waals surface area (Å²) in [6, 6.07) is 2.07. The van der Waals surface area contributed by atoms with Crippen molar-refractivity contribution in [1.29, 1.82) is 0 Å². The SMILES string of the molecule is CNC(=O)C(C)NS(=O)(=O)c1ccc(F)c(C(N)=S)c1. The van der Waals surface area contributed by atoms with Crippen LogP contribution in [0.3, 0.4) is 0 Å². The second-order valence-corrected chi connectivity index (χ2v) is 6.12. The molecule has 0 bridgehead atoms. The monoisotopic (exact) mass is 319 g/mol. The van der Waals surface area contributed by atoms with E-state index in [1.165, 1.54) is 14.0 Å². The molecule has 1 aromatic rings. The van der Waals surface area contributed by atoms with Gasteiger partial charge in [-0.2, -0.15) is 4.72 Å². The quantitative estimate of drug-likeness (QED) is 0.657. The van der Waals surface area contributed by atoms with Crippen LogP contribution in [-0.4, -0.2) is 32.4 Å². The predicted octanol–water partition coefficient (Wildman–Crippen LogP) is -0.127. The van der Waals surface area contributed by atoms with Gasteiger partial charge in [-0.1, -0.05) is 12.2 Å². The van der Waals surface area contributed by atoms with Crippen molar-refractivity contribution >= 4 is 33.1 Å². The first-order valence-corrected chi connectivity index (χ1v) is 7.41. The number of hydrogen-bond acceptors (Lipinski definition) is 4. The van der Waals surface area contributed by atoms with Crippen LogP contribution in [0, 0.1) is 5.82 Å². The summed E-state index contributed by atoms with van der Waals surface area (Å²) in [7, 11) is -2.60. The van der Waals surface area contributed by atoms with Gasteiger partial charge in [-0.25, -0.2) is 12.8 Å². The lowest BCUT2D eigenvalue weighted by Gasteiger charge is -2.13. The van der Waals surface area contributed by atoms with Crippen molar-refractivity contribution in [3.05, 3.63) is 29.6 Å². The minimum absolute atomic E-state index is 0.171. The average molecular weight is 319 g/mol. The summed E-state index contributed by atoms with van der Waals surface area (Å²) in [6.45, 7) is 1.38. The van der Waals surface area contributed by atoms with Crippen molar-refractivity contribution in [2.24, 2.45) is 5.73 Å². The molecule has 110 valence electrons. The van der Waals surface area contributed by atoms with Gasteiger partial charge >= 0.3 is 0 Å². The lowest BCUT2D eigenvalue weighted by atomic mass is 10.2. The topological polar surface area (TPSA) is 101 Å². The molecule has 20 heavy (non-hydrogen) atoms. The second kappa shape index (κ2) is 6.25. The molecule has 1 aromatic carbocycles. The molecule has 1 unspecified atom stereocenters. The van der Waals surface area contributed by atoms with Crippen LogP contribution in [0.15, 0.2) is 23.1 Å². The van der Waals surface area contributed by atoms with Gasteiger partial charge in [0.25, 0.3) is 0 Å². The Morgan fingerprint density at radius 3 is 2.55 bits per heavy atom. The highest BCUT2D eigenvalue weighted by Crippen LogP contribution is 2.15. The smallest absolute Gasteiger partial charge is 0.241 e. The van der Waals surface area contributed by atoms with Crippen LogP contribution >= 0.6 is 12.2 Å². The molecule has 1 amide bonds. The molecule has 0 fully saturated rings. The summed E-state index contributed by atoms with van der Waals surface area (Å²) in [5, 5.41) is 2.31. The van der Waals surface area contributed by atoms with Gasteiger partial charge < -0.3 is 11.1 Å². The number of nitrogens with two attached hydrogens (primary N) is 1. The number of halogens is 1. The fourth-order valence-corrected chi connectivity index (χ4v) is 2.82. The Bertz CT molecular complexity index is 646. The Labute approximate surface area is 121 Å². The van der Waals surface area contributed by atoms with E-state index in [9.17, 15) is 17.6 Å². The highest BCUT2D eigenvalue weighted by molar-refractivity contribution is 7.89. The predicted molar refractivity (Wildman–Crippen MR) is 76.1 cm³/mol. The number of nitrogens with one attached hydrogen (secondary N) is 2. The van der Waals surface area contributed by atoms with Crippen LogP contribution in [0.4, 0.5) is 4.39 Å². The van der Waals surface area contributed by atoms with Crippen LogP contribution in [-0.2, 0) is 14.8 Å². The van der Waals surface area contributed by atoms with E-state index in [2.05, 4.69) is 22.3 Å². The third-order valence-corrected chi connectivity index (χ3v) is 4.24. The fraction of sp³-hybridized carbons (Fsp3) is 0.273. The van der Waals surface area contributed by atoms with E-state index in [4.69, 9.17) is 5.73 Å². The third kappa shape index (κ3) is 3.71. The number of rotatable bonds is 5. The summed E-state index contributed by atoms with van der Waals surface area (Å²) in [5.74, 6) is -1.21. The Kier molecular flexibility index (Phi) is 5.15. The molecule has 1 rings (SSSR count). The van der Waals surface area contributed by atoms with Crippen molar-refractivity contribution in [1.82, 2.24) is 10.0 Å². The molecule has 0 radical (unpaired) electrons. The first-order valence-electron chi connectivity index (χ1n) is 5.52. The Morgan fingerprint density at radius 1 is 1.45 bits per heavy atom. The number of likely N-dealkylation sites (N-methyl/N-ethyl adjacent to an activating group) is 1. The molecule has 1 atom stereocenters. The largest absolute Gasteiger partial charge is 0.389 e. The van der Waals surface area contributed by atoms with Crippen molar-refractivity contribution in [3.63, 3.8) is 0 Å². The zero-order chi connectivity index (χ0) is 15.5. The fourth-order valence-electron chi connectivity index (χ4n) is 1.43. The lowest BCUT2D eigenvalue weighted by Crippen LogP contribution is -2.43. The molecule has 0 heterocycles. The zero-order valence-corrected chi connectivity index (χ0v) is 12.4. The maximum absolute atomic E-state index is 13.4. The number of carbonyl (C=O) groups excluding carboxylic acids is 1. The van der Waals surface area contributed by atoms with E-state index in [1.807, 2.05) is 0 Å². The maximum Gasteiger partial charge on any atom is 0.241 e. The molecule has 0 aromatic heterocycles. The standard InChI is InChI=1S/C11H14FN3O3S2/c1-6(11(16)14-2)15-20(17,18)7-3-4-9(12)8(5-7)10(13)19/h3-6,15H,1-2H3,(H2,13,19)(H,14,16). The van der Waals surface area contributed by atoms with Gasteiger partial charge in [0.15, 0.2) is 0 Å². The van der Waals surface area contributed by atoms with Crippen molar-refractivity contribution in [2.45, 2.75) is 17.9 Å². The van der Waals surface area contributed by atoms with Crippen molar-refractivity contribution in [3.8, 4) is 0 Å². The summed E-state index contributed by atoms with van der Waals surface area (Å²) < 4.78 is 39.7. The molecule has 0 aliphatic rings. The molecule has 6 nitrogen and oxygen atoms in total. The zero-order valence-electron chi connectivity index (χ0n) is 10.8. The van der Waals surface area contributed by atoms with Gasteiger partial charge in [0.1, 0.15) is 10.8 Å². The van der Waals surface area contributed by atoms with Crippen LogP contribution in [0.25, 0.3) is 0 Å². The first kappa shape index (κ1) is 16.5. The highest BCUT2D eigenvalue weighted by atomic mass is 32.2. The Balaban J connectivity index is 3.13. The van der Waals surface area contributed by atoms with Crippen LogP contribution in [0.1, 0.15) is 12.5 Å². The minimum Gasteiger partial charge on any atom is -0.389 e. The van der Waals surface area contributed by atoms with E-state index in [1.54, 1.807) is 0 Å². The second-order valence-electron chi connectivity index (χ2n) is 3.96. The molecule has 4 N–H and O–H groups in total. The molecule has 0 saturated heterocycles. The molecular weight excluding hydrogens is 305 g/mol. The lowest BCUT2D eigenvalue weighted by molar-refractivity contribution is -0.121. The summed E-state index contributed by atoms with van der Waals surface area (Å²) >= 11 is 4.64.